The van der Waals surface area contributed by atoms with Crippen molar-refractivity contribution in [3.63, 3.8) is 0 Å². The first-order valence-corrected chi connectivity index (χ1v) is 9.87. The van der Waals surface area contributed by atoms with Crippen LogP contribution in [0.2, 0.25) is 5.02 Å². The van der Waals surface area contributed by atoms with Gasteiger partial charge in [0.1, 0.15) is 18.1 Å². The summed E-state index contributed by atoms with van der Waals surface area (Å²) in [5, 5.41) is 3.67. The number of carbonyl (C=O) groups is 1. The van der Waals surface area contributed by atoms with E-state index in [0.717, 1.165) is 22.4 Å². The van der Waals surface area contributed by atoms with Gasteiger partial charge in [-0.15, -0.1) is 0 Å². The van der Waals surface area contributed by atoms with Crippen molar-refractivity contribution >= 4 is 23.2 Å². The quantitative estimate of drug-likeness (QED) is 0.506. The van der Waals surface area contributed by atoms with Crippen molar-refractivity contribution in [2.75, 3.05) is 11.9 Å². The van der Waals surface area contributed by atoms with Crippen molar-refractivity contribution in [1.82, 2.24) is 0 Å². The van der Waals surface area contributed by atoms with E-state index in [1.807, 2.05) is 51.1 Å². The lowest BCUT2D eigenvalue weighted by atomic mass is 10.1. The smallest absolute Gasteiger partial charge is 0.255 e. The summed E-state index contributed by atoms with van der Waals surface area (Å²) in [6.45, 7) is 6.69. The molecule has 150 valence electrons. The Morgan fingerprint density at radius 2 is 1.66 bits per heavy atom. The number of nitrogens with one attached hydrogen (secondary N) is 1. The highest BCUT2D eigenvalue weighted by molar-refractivity contribution is 6.30. The lowest BCUT2D eigenvalue weighted by Crippen LogP contribution is -2.14. The molecule has 0 aromatic heterocycles. The normalized spacial score (nSPS) is 10.5. The van der Waals surface area contributed by atoms with Crippen molar-refractivity contribution in [3.8, 4) is 11.5 Å². The number of benzene rings is 3. The molecule has 0 aliphatic heterocycles. The van der Waals surface area contributed by atoms with E-state index < -0.39 is 0 Å². The molecule has 3 aromatic rings. The predicted octanol–water partition coefficient (Wildman–Crippen LogP) is 6.19. The molecular formula is C24H24ClNO3. The van der Waals surface area contributed by atoms with E-state index in [9.17, 15) is 4.79 Å². The standard InChI is InChI=1S/C24H24ClNO3/c1-4-28-22-13-8-18(24(27)26-23-16(2)6-5-7-17(23)3)14-19(22)15-29-21-11-9-20(25)10-12-21/h5-14H,4,15H2,1-3H3,(H,26,27). The number of aryl methyl sites for hydroxylation is 2. The summed E-state index contributed by atoms with van der Waals surface area (Å²) in [6.07, 6.45) is 0. The van der Waals surface area contributed by atoms with Gasteiger partial charge < -0.3 is 14.8 Å². The first kappa shape index (κ1) is 20.7. The molecule has 29 heavy (non-hydrogen) atoms. The number of hydrogen-bond acceptors (Lipinski definition) is 3. The molecule has 0 aliphatic rings. The van der Waals surface area contributed by atoms with E-state index in [0.29, 0.717) is 28.7 Å². The first-order chi connectivity index (χ1) is 14.0. The van der Waals surface area contributed by atoms with Gasteiger partial charge in [0.25, 0.3) is 5.91 Å². The molecule has 0 saturated carbocycles. The van der Waals surface area contributed by atoms with Gasteiger partial charge in [-0.3, -0.25) is 4.79 Å². The van der Waals surface area contributed by atoms with Crippen LogP contribution in [0.4, 0.5) is 5.69 Å². The molecule has 0 atom stereocenters. The van der Waals surface area contributed by atoms with Crippen LogP contribution in [0.3, 0.4) is 0 Å². The molecule has 0 fully saturated rings. The second-order valence-electron chi connectivity index (χ2n) is 6.72. The highest BCUT2D eigenvalue weighted by Crippen LogP contribution is 2.25. The third-order valence-corrected chi connectivity index (χ3v) is 4.80. The zero-order valence-corrected chi connectivity index (χ0v) is 17.5. The summed E-state index contributed by atoms with van der Waals surface area (Å²) < 4.78 is 11.6. The number of rotatable bonds is 7. The summed E-state index contributed by atoms with van der Waals surface area (Å²) in [7, 11) is 0. The van der Waals surface area contributed by atoms with E-state index in [1.165, 1.54) is 0 Å². The predicted molar refractivity (Wildman–Crippen MR) is 117 cm³/mol. The fraction of sp³-hybridized carbons (Fsp3) is 0.208. The van der Waals surface area contributed by atoms with Crippen molar-refractivity contribution in [2.24, 2.45) is 0 Å². The van der Waals surface area contributed by atoms with Gasteiger partial charge in [0.15, 0.2) is 0 Å². The Bertz CT molecular complexity index is 979. The number of anilines is 1. The van der Waals surface area contributed by atoms with Crippen molar-refractivity contribution in [2.45, 2.75) is 27.4 Å². The lowest BCUT2D eigenvalue weighted by molar-refractivity contribution is 0.102. The Labute approximate surface area is 176 Å². The minimum atomic E-state index is -0.168. The number of ether oxygens (including phenoxy) is 2. The van der Waals surface area contributed by atoms with Crippen LogP contribution in [-0.4, -0.2) is 12.5 Å². The monoisotopic (exact) mass is 409 g/mol. The lowest BCUT2D eigenvalue weighted by Gasteiger charge is -2.15. The van der Waals surface area contributed by atoms with Gasteiger partial charge in [0.05, 0.1) is 6.61 Å². The third-order valence-electron chi connectivity index (χ3n) is 4.55. The van der Waals surface area contributed by atoms with Crippen molar-refractivity contribution in [3.05, 3.63) is 87.9 Å². The van der Waals surface area contributed by atoms with Crippen molar-refractivity contribution in [1.29, 1.82) is 0 Å². The highest BCUT2D eigenvalue weighted by atomic mass is 35.5. The second-order valence-corrected chi connectivity index (χ2v) is 7.16. The molecule has 3 aromatic carbocycles. The van der Waals surface area contributed by atoms with Crippen molar-refractivity contribution < 1.29 is 14.3 Å². The van der Waals surface area contributed by atoms with Crippen LogP contribution in [0.15, 0.2) is 60.7 Å². The molecule has 0 saturated heterocycles. The molecule has 4 nitrogen and oxygen atoms in total. The summed E-state index contributed by atoms with van der Waals surface area (Å²) in [5.41, 5.74) is 4.23. The molecule has 3 rings (SSSR count). The summed E-state index contributed by atoms with van der Waals surface area (Å²) in [4.78, 5) is 12.8. The van der Waals surface area contributed by atoms with E-state index >= 15 is 0 Å². The van der Waals surface area contributed by atoms with E-state index in [4.69, 9.17) is 21.1 Å². The topological polar surface area (TPSA) is 47.6 Å². The van der Waals surface area contributed by atoms with Gasteiger partial charge in [-0.25, -0.2) is 0 Å². The summed E-state index contributed by atoms with van der Waals surface area (Å²) in [6, 6.07) is 18.5. The number of para-hydroxylation sites is 1. The van der Waals surface area contributed by atoms with Crippen LogP contribution in [0.1, 0.15) is 34.0 Å². The number of halogens is 1. The maximum absolute atomic E-state index is 12.8. The zero-order chi connectivity index (χ0) is 20.8. The van der Waals surface area contributed by atoms with Crippen LogP contribution in [0, 0.1) is 13.8 Å². The van der Waals surface area contributed by atoms with Gasteiger partial charge in [-0.2, -0.15) is 0 Å². The maximum atomic E-state index is 12.8. The molecule has 0 bridgehead atoms. The van der Waals surface area contributed by atoms with Crippen LogP contribution in [0.25, 0.3) is 0 Å². The van der Waals surface area contributed by atoms with E-state index in [-0.39, 0.29) is 12.5 Å². The molecule has 0 spiro atoms. The average molecular weight is 410 g/mol. The Hall–Kier alpha value is -2.98. The van der Waals surface area contributed by atoms with E-state index in [2.05, 4.69) is 5.32 Å². The zero-order valence-electron chi connectivity index (χ0n) is 16.8. The second kappa shape index (κ2) is 9.48. The van der Waals surface area contributed by atoms with Crippen LogP contribution in [-0.2, 0) is 6.61 Å². The fourth-order valence-electron chi connectivity index (χ4n) is 3.02. The average Bonchev–Trinajstić information content (AvgIpc) is 2.71. The van der Waals surface area contributed by atoms with Crippen LogP contribution >= 0.6 is 11.6 Å². The molecule has 0 radical (unpaired) electrons. The Morgan fingerprint density at radius 3 is 2.31 bits per heavy atom. The van der Waals surface area contributed by atoms with Crippen LogP contribution in [0.5, 0.6) is 11.5 Å². The van der Waals surface area contributed by atoms with Gasteiger partial charge >= 0.3 is 0 Å². The largest absolute Gasteiger partial charge is 0.493 e. The molecule has 0 unspecified atom stereocenters. The van der Waals surface area contributed by atoms with Gasteiger partial charge in [0.2, 0.25) is 0 Å². The third kappa shape index (κ3) is 5.30. The minimum Gasteiger partial charge on any atom is -0.493 e. The van der Waals surface area contributed by atoms with Gasteiger partial charge in [0, 0.05) is 21.8 Å². The van der Waals surface area contributed by atoms with Gasteiger partial charge in [-0.1, -0.05) is 29.8 Å². The highest BCUT2D eigenvalue weighted by Gasteiger charge is 2.13. The fourth-order valence-corrected chi connectivity index (χ4v) is 3.15. The summed E-state index contributed by atoms with van der Waals surface area (Å²) >= 11 is 5.92. The number of hydrogen-bond donors (Lipinski definition) is 1. The van der Waals surface area contributed by atoms with E-state index in [1.54, 1.807) is 30.3 Å². The first-order valence-electron chi connectivity index (χ1n) is 9.49. The molecule has 1 amide bonds. The summed E-state index contributed by atoms with van der Waals surface area (Å²) in [5.74, 6) is 1.23. The minimum absolute atomic E-state index is 0.168. The van der Waals surface area contributed by atoms with Crippen LogP contribution < -0.4 is 14.8 Å². The molecule has 0 heterocycles. The maximum Gasteiger partial charge on any atom is 0.255 e. The molecular weight excluding hydrogens is 386 g/mol. The molecule has 0 aliphatic carbocycles. The Kier molecular flexibility index (Phi) is 6.78. The Morgan fingerprint density at radius 1 is 0.966 bits per heavy atom. The molecule has 5 heteroatoms. The number of amides is 1. The van der Waals surface area contributed by atoms with Gasteiger partial charge in [-0.05, 0) is 74.4 Å². The Balaban J connectivity index is 1.81. The molecule has 1 N–H and O–H groups in total. The number of carbonyl (C=O) groups excluding carboxylic acids is 1. The SMILES string of the molecule is CCOc1ccc(C(=O)Nc2c(C)cccc2C)cc1COc1ccc(Cl)cc1.